The topological polar surface area (TPSA) is 66.4 Å². The second-order valence-corrected chi connectivity index (χ2v) is 6.19. The molecule has 1 saturated carbocycles. The lowest BCUT2D eigenvalue weighted by molar-refractivity contribution is -0.186. The van der Waals surface area contributed by atoms with E-state index in [0.717, 1.165) is 5.56 Å². The van der Waals surface area contributed by atoms with Gasteiger partial charge in [0, 0.05) is 12.3 Å². The number of hydrogen-bond acceptors (Lipinski definition) is 2. The van der Waals surface area contributed by atoms with E-state index in [1.54, 1.807) is 30.3 Å². The Morgan fingerprint density at radius 3 is 2.46 bits per heavy atom. The van der Waals surface area contributed by atoms with Crippen LogP contribution in [0.4, 0.5) is 13.2 Å². The predicted molar refractivity (Wildman–Crippen MR) is 81.2 cm³/mol. The average molecular weight is 343 g/mol. The first-order valence-corrected chi connectivity index (χ1v) is 7.91. The fourth-order valence-electron chi connectivity index (χ4n) is 3.06. The molecule has 0 bridgehead atoms. The molecule has 1 aromatic carbocycles. The predicted octanol–water partition coefficient (Wildman–Crippen LogP) is 3.17. The molecule has 0 aromatic heterocycles. The van der Waals surface area contributed by atoms with E-state index in [4.69, 9.17) is 0 Å². The fraction of sp³-hybridized carbons (Fsp3) is 0.529. The number of rotatable bonds is 5. The van der Waals surface area contributed by atoms with Crippen molar-refractivity contribution in [2.45, 2.75) is 44.3 Å². The van der Waals surface area contributed by atoms with E-state index in [0.29, 0.717) is 12.8 Å². The van der Waals surface area contributed by atoms with E-state index >= 15 is 0 Å². The van der Waals surface area contributed by atoms with E-state index in [1.165, 1.54) is 0 Å². The summed E-state index contributed by atoms with van der Waals surface area (Å²) < 4.78 is 38.5. The van der Waals surface area contributed by atoms with E-state index in [2.05, 4.69) is 5.32 Å². The quantitative estimate of drug-likeness (QED) is 0.863. The molecule has 7 heteroatoms. The van der Waals surface area contributed by atoms with Gasteiger partial charge in [0.2, 0.25) is 5.91 Å². The van der Waals surface area contributed by atoms with Crippen LogP contribution in [-0.2, 0) is 16.0 Å². The van der Waals surface area contributed by atoms with Crippen molar-refractivity contribution in [1.29, 1.82) is 0 Å². The van der Waals surface area contributed by atoms with Gasteiger partial charge in [0.1, 0.15) is 6.04 Å². The van der Waals surface area contributed by atoms with Crippen molar-refractivity contribution >= 4 is 11.9 Å². The lowest BCUT2D eigenvalue weighted by atomic mass is 9.80. The molecule has 0 aliphatic heterocycles. The van der Waals surface area contributed by atoms with Crippen LogP contribution < -0.4 is 5.32 Å². The summed E-state index contributed by atoms with van der Waals surface area (Å²) in [7, 11) is 0. The maximum Gasteiger partial charge on any atom is 0.391 e. The molecule has 2 unspecified atom stereocenters. The minimum atomic E-state index is -4.31. The van der Waals surface area contributed by atoms with Crippen molar-refractivity contribution in [3.8, 4) is 0 Å². The van der Waals surface area contributed by atoms with E-state index in [1.807, 2.05) is 0 Å². The van der Waals surface area contributed by atoms with Crippen LogP contribution in [0.15, 0.2) is 30.3 Å². The molecular formula is C17H20F3NO3. The first-order valence-electron chi connectivity index (χ1n) is 7.91. The van der Waals surface area contributed by atoms with Crippen LogP contribution in [0.5, 0.6) is 0 Å². The molecular weight excluding hydrogens is 323 g/mol. The van der Waals surface area contributed by atoms with Gasteiger partial charge in [-0.25, -0.2) is 4.79 Å². The highest BCUT2D eigenvalue weighted by Crippen LogP contribution is 2.39. The van der Waals surface area contributed by atoms with Gasteiger partial charge < -0.3 is 10.4 Å². The van der Waals surface area contributed by atoms with Gasteiger partial charge in [0.15, 0.2) is 0 Å². The van der Waals surface area contributed by atoms with Gasteiger partial charge in [0.25, 0.3) is 0 Å². The molecule has 1 fully saturated rings. The Bertz CT molecular complexity index is 574. The number of carboxylic acid groups (broad SMARTS) is 1. The largest absolute Gasteiger partial charge is 0.480 e. The van der Waals surface area contributed by atoms with Crippen molar-refractivity contribution in [3.05, 3.63) is 35.9 Å². The van der Waals surface area contributed by atoms with Crippen LogP contribution in [-0.4, -0.2) is 29.2 Å². The number of amides is 1. The van der Waals surface area contributed by atoms with Crippen LogP contribution in [0.2, 0.25) is 0 Å². The Hall–Kier alpha value is -2.05. The summed E-state index contributed by atoms with van der Waals surface area (Å²) in [5, 5.41) is 11.7. The summed E-state index contributed by atoms with van der Waals surface area (Å²) in [6.45, 7) is 0. The standard InChI is InChI=1S/C17H20F3NO3/c18-17(19,20)13-8-4-7-12(10-13)15(22)21-14(16(23)24)9-11-5-2-1-3-6-11/h1-3,5-6,12-14H,4,7-10H2,(H,21,22)(H,23,24)/t12?,13?,14-/m1/s1. The molecule has 2 rings (SSSR count). The number of hydrogen-bond donors (Lipinski definition) is 2. The summed E-state index contributed by atoms with van der Waals surface area (Å²) in [5.41, 5.74) is 0.738. The highest BCUT2D eigenvalue weighted by atomic mass is 19.4. The number of nitrogens with one attached hydrogen (secondary N) is 1. The Balaban J connectivity index is 1.98. The van der Waals surface area contributed by atoms with Crippen LogP contribution in [0, 0.1) is 11.8 Å². The third kappa shape index (κ3) is 4.97. The van der Waals surface area contributed by atoms with E-state index in [9.17, 15) is 27.9 Å². The zero-order valence-electron chi connectivity index (χ0n) is 13.1. The number of aliphatic carboxylic acids is 1. The molecule has 132 valence electrons. The average Bonchev–Trinajstić information content (AvgIpc) is 2.54. The van der Waals surface area contributed by atoms with Crippen molar-refractivity contribution < 1.29 is 27.9 Å². The van der Waals surface area contributed by atoms with Crippen molar-refractivity contribution in [2.75, 3.05) is 0 Å². The first-order chi connectivity index (χ1) is 11.3. The molecule has 3 atom stereocenters. The van der Waals surface area contributed by atoms with Gasteiger partial charge in [0.05, 0.1) is 5.92 Å². The number of carbonyl (C=O) groups is 2. The highest BCUT2D eigenvalue weighted by Gasteiger charge is 2.43. The number of carboxylic acids is 1. The van der Waals surface area contributed by atoms with Crippen molar-refractivity contribution in [2.24, 2.45) is 11.8 Å². The normalized spacial score (nSPS) is 22.6. The Morgan fingerprint density at radius 2 is 1.88 bits per heavy atom. The van der Waals surface area contributed by atoms with Crippen LogP contribution in [0.3, 0.4) is 0 Å². The zero-order chi connectivity index (χ0) is 17.7. The highest BCUT2D eigenvalue weighted by molar-refractivity contribution is 5.85. The monoisotopic (exact) mass is 343 g/mol. The molecule has 0 radical (unpaired) electrons. The second-order valence-electron chi connectivity index (χ2n) is 6.19. The van der Waals surface area contributed by atoms with Crippen LogP contribution in [0.25, 0.3) is 0 Å². The molecule has 24 heavy (non-hydrogen) atoms. The van der Waals surface area contributed by atoms with E-state index < -0.39 is 35.9 Å². The summed E-state index contributed by atoms with van der Waals surface area (Å²) >= 11 is 0. The van der Waals surface area contributed by atoms with Crippen molar-refractivity contribution in [1.82, 2.24) is 5.32 Å². The Morgan fingerprint density at radius 1 is 1.21 bits per heavy atom. The maximum absolute atomic E-state index is 12.8. The van der Waals surface area contributed by atoms with Crippen LogP contribution in [0.1, 0.15) is 31.2 Å². The van der Waals surface area contributed by atoms with Gasteiger partial charge in [-0.3, -0.25) is 4.79 Å². The van der Waals surface area contributed by atoms with Crippen LogP contribution >= 0.6 is 0 Å². The van der Waals surface area contributed by atoms with Gasteiger partial charge in [-0.2, -0.15) is 13.2 Å². The number of carbonyl (C=O) groups excluding carboxylic acids is 1. The third-order valence-corrected chi connectivity index (χ3v) is 4.41. The molecule has 4 nitrogen and oxygen atoms in total. The Labute approximate surface area is 138 Å². The summed E-state index contributed by atoms with van der Waals surface area (Å²) in [6, 6.07) is 7.63. The Kier molecular flexibility index (Phi) is 5.85. The zero-order valence-corrected chi connectivity index (χ0v) is 13.1. The minimum Gasteiger partial charge on any atom is -0.480 e. The number of alkyl halides is 3. The molecule has 1 aromatic rings. The van der Waals surface area contributed by atoms with Gasteiger partial charge in [-0.05, 0) is 24.8 Å². The van der Waals surface area contributed by atoms with Gasteiger partial charge in [-0.1, -0.05) is 36.8 Å². The van der Waals surface area contributed by atoms with E-state index in [-0.39, 0.29) is 19.3 Å². The smallest absolute Gasteiger partial charge is 0.391 e. The maximum atomic E-state index is 12.8. The molecule has 2 N–H and O–H groups in total. The molecule has 0 heterocycles. The van der Waals surface area contributed by atoms with Gasteiger partial charge >= 0.3 is 12.1 Å². The summed E-state index contributed by atoms with van der Waals surface area (Å²) in [4.78, 5) is 23.6. The SMILES string of the molecule is O=C(N[C@H](Cc1ccccc1)C(=O)O)C1CCCC(C(F)(F)F)C1. The molecule has 0 saturated heterocycles. The number of halogens is 3. The fourth-order valence-corrected chi connectivity index (χ4v) is 3.06. The third-order valence-electron chi connectivity index (χ3n) is 4.41. The molecule has 1 aliphatic rings. The minimum absolute atomic E-state index is 0.0274. The summed E-state index contributed by atoms with van der Waals surface area (Å²) in [6.07, 6.45) is -3.78. The van der Waals surface area contributed by atoms with Crippen molar-refractivity contribution in [3.63, 3.8) is 0 Å². The molecule has 1 aliphatic carbocycles. The lowest BCUT2D eigenvalue weighted by Crippen LogP contribution is -2.46. The molecule has 0 spiro atoms. The van der Waals surface area contributed by atoms with Gasteiger partial charge in [-0.15, -0.1) is 0 Å². The lowest BCUT2D eigenvalue weighted by Gasteiger charge is -2.30. The second kappa shape index (κ2) is 7.68. The molecule has 1 amide bonds. The summed E-state index contributed by atoms with van der Waals surface area (Å²) in [5.74, 6) is -4.08. The first kappa shape index (κ1) is 18.3. The number of benzene rings is 1.